The number of nitrogen functional groups attached to an aromatic ring is 1. The van der Waals surface area contributed by atoms with Gasteiger partial charge in [0.05, 0.1) is 5.56 Å². The Labute approximate surface area is 81.9 Å². The van der Waals surface area contributed by atoms with Crippen LogP contribution in [0.2, 0.25) is 0 Å². The highest BCUT2D eigenvalue weighted by Gasteiger charge is 2.34. The molecule has 0 amide bonds. The van der Waals surface area contributed by atoms with Gasteiger partial charge in [0.25, 0.3) is 0 Å². The number of hydrogen-bond acceptors (Lipinski definition) is 1. The predicted molar refractivity (Wildman–Crippen MR) is 54.3 cm³/mol. The number of rotatable bonds is 1. The number of halogens is 3. The minimum atomic E-state index is -4.31. The van der Waals surface area contributed by atoms with Crippen LogP contribution in [0, 0.1) is 0 Å². The first-order chi connectivity index (χ1) is 6.34. The molecule has 0 radical (unpaired) electrons. The molecule has 5 heteroatoms. The third-order valence-corrected chi connectivity index (χ3v) is 3.21. The van der Waals surface area contributed by atoms with E-state index in [-0.39, 0.29) is 11.0 Å². The molecule has 1 aromatic carbocycles. The Morgan fingerprint density at radius 1 is 1.21 bits per heavy atom. The van der Waals surface area contributed by atoms with Gasteiger partial charge in [-0.15, -0.1) is 0 Å². The minimum absolute atomic E-state index is 0.232. The summed E-state index contributed by atoms with van der Waals surface area (Å²) < 4.78 is 37.6. The van der Waals surface area contributed by atoms with Gasteiger partial charge < -0.3 is 5.73 Å². The zero-order valence-corrected chi connectivity index (χ0v) is 8.78. The smallest absolute Gasteiger partial charge is 0.398 e. The van der Waals surface area contributed by atoms with Gasteiger partial charge in [-0.2, -0.15) is 13.2 Å². The molecular formula is C9H11F3NP. The van der Waals surface area contributed by atoms with Crippen molar-refractivity contribution in [3.8, 4) is 0 Å². The Morgan fingerprint density at radius 3 is 2.14 bits per heavy atom. The molecule has 78 valence electrons. The van der Waals surface area contributed by atoms with Crippen LogP contribution in [-0.4, -0.2) is 13.3 Å². The number of anilines is 1. The third-order valence-electron chi connectivity index (χ3n) is 1.82. The molecular weight excluding hydrogens is 210 g/mol. The fraction of sp³-hybridized carbons (Fsp3) is 0.333. The fourth-order valence-corrected chi connectivity index (χ4v) is 2.56. The molecule has 0 saturated carbocycles. The maximum absolute atomic E-state index is 12.5. The van der Waals surface area contributed by atoms with Gasteiger partial charge >= 0.3 is 6.18 Å². The fourth-order valence-electron chi connectivity index (χ4n) is 1.29. The van der Waals surface area contributed by atoms with Gasteiger partial charge in [-0.3, -0.25) is 0 Å². The van der Waals surface area contributed by atoms with E-state index in [1.165, 1.54) is 12.1 Å². The second-order valence-corrected chi connectivity index (χ2v) is 5.37. The molecule has 0 heterocycles. The second-order valence-electron chi connectivity index (χ2n) is 3.14. The van der Waals surface area contributed by atoms with Crippen molar-refractivity contribution in [2.45, 2.75) is 6.18 Å². The monoisotopic (exact) mass is 221 g/mol. The van der Waals surface area contributed by atoms with E-state index in [2.05, 4.69) is 0 Å². The molecule has 1 nitrogen and oxygen atoms in total. The van der Waals surface area contributed by atoms with Crippen LogP contribution < -0.4 is 11.0 Å². The Hall–Kier alpha value is -0.760. The predicted octanol–water partition coefficient (Wildman–Crippen LogP) is 2.65. The maximum atomic E-state index is 12.5. The van der Waals surface area contributed by atoms with Gasteiger partial charge in [0, 0.05) is 11.0 Å². The molecule has 0 bridgehead atoms. The number of alkyl halides is 3. The molecule has 0 aliphatic heterocycles. The maximum Gasteiger partial charge on any atom is 0.417 e. The summed E-state index contributed by atoms with van der Waals surface area (Å²) in [6, 6.07) is 3.92. The lowest BCUT2D eigenvalue weighted by Crippen LogP contribution is -2.20. The van der Waals surface area contributed by atoms with E-state index >= 15 is 0 Å². The zero-order valence-electron chi connectivity index (χ0n) is 7.89. The summed E-state index contributed by atoms with van der Waals surface area (Å²) in [4.78, 5) is 0. The summed E-state index contributed by atoms with van der Waals surface area (Å²) in [6.07, 6.45) is -4.31. The van der Waals surface area contributed by atoms with E-state index in [0.717, 1.165) is 6.07 Å². The molecule has 0 aromatic heterocycles. The second kappa shape index (κ2) is 3.77. The van der Waals surface area contributed by atoms with Crippen LogP contribution in [0.3, 0.4) is 0 Å². The van der Waals surface area contributed by atoms with Crippen LogP contribution in [0.1, 0.15) is 5.56 Å². The van der Waals surface area contributed by atoms with Crippen LogP contribution in [0.5, 0.6) is 0 Å². The van der Waals surface area contributed by atoms with Crippen molar-refractivity contribution in [1.82, 2.24) is 0 Å². The molecule has 1 aromatic rings. The van der Waals surface area contributed by atoms with Gasteiger partial charge in [-0.05, 0) is 25.5 Å². The van der Waals surface area contributed by atoms with Crippen molar-refractivity contribution in [2.24, 2.45) is 0 Å². The average Bonchev–Trinajstić information content (AvgIpc) is 2.01. The van der Waals surface area contributed by atoms with E-state index in [9.17, 15) is 13.2 Å². The molecule has 0 atom stereocenters. The topological polar surface area (TPSA) is 26.0 Å². The number of benzene rings is 1. The van der Waals surface area contributed by atoms with Crippen LogP contribution in [0.15, 0.2) is 18.2 Å². The lowest BCUT2D eigenvalue weighted by molar-refractivity contribution is -0.136. The van der Waals surface area contributed by atoms with Crippen molar-refractivity contribution < 1.29 is 13.2 Å². The summed E-state index contributed by atoms with van der Waals surface area (Å²) in [5.74, 6) is 0. The van der Waals surface area contributed by atoms with Crippen molar-refractivity contribution in [3.63, 3.8) is 0 Å². The molecule has 0 aliphatic carbocycles. The minimum Gasteiger partial charge on any atom is -0.398 e. The Balaban J connectivity index is 3.36. The summed E-state index contributed by atoms with van der Waals surface area (Å²) in [5, 5.41) is 0.245. The van der Waals surface area contributed by atoms with E-state index in [4.69, 9.17) is 5.73 Å². The first-order valence-electron chi connectivity index (χ1n) is 3.97. The summed E-state index contributed by atoms with van der Waals surface area (Å²) in [5.41, 5.74) is 5.16. The van der Waals surface area contributed by atoms with Gasteiger partial charge in [0.1, 0.15) is 0 Å². The van der Waals surface area contributed by atoms with Crippen molar-refractivity contribution in [2.75, 3.05) is 19.1 Å². The van der Waals surface area contributed by atoms with Gasteiger partial charge in [0.15, 0.2) is 0 Å². The SMILES string of the molecule is CP(C)c1c(N)cccc1C(F)(F)F. The van der Waals surface area contributed by atoms with Crippen LogP contribution in [0.4, 0.5) is 18.9 Å². The highest BCUT2D eigenvalue weighted by Crippen LogP contribution is 2.37. The molecule has 0 aliphatic rings. The highest BCUT2D eigenvalue weighted by molar-refractivity contribution is 7.64. The lowest BCUT2D eigenvalue weighted by Gasteiger charge is -2.17. The molecule has 2 N–H and O–H groups in total. The first kappa shape index (κ1) is 11.3. The Kier molecular flexibility index (Phi) is 3.05. The van der Waals surface area contributed by atoms with E-state index in [1.807, 2.05) is 0 Å². The molecule has 0 unspecified atom stereocenters. The number of hydrogen-bond donors (Lipinski definition) is 1. The van der Waals surface area contributed by atoms with Crippen LogP contribution in [0.25, 0.3) is 0 Å². The average molecular weight is 221 g/mol. The quantitative estimate of drug-likeness (QED) is 0.572. The summed E-state index contributed by atoms with van der Waals surface area (Å²) in [7, 11) is -0.846. The van der Waals surface area contributed by atoms with E-state index in [0.29, 0.717) is 0 Å². The summed E-state index contributed by atoms with van der Waals surface area (Å²) >= 11 is 0. The standard InChI is InChI=1S/C9H11F3NP/c1-14(2)8-6(9(10,11)12)4-3-5-7(8)13/h3-5H,13H2,1-2H3. The highest BCUT2D eigenvalue weighted by atomic mass is 31.1. The molecule has 1 rings (SSSR count). The molecule has 0 fully saturated rings. The Morgan fingerprint density at radius 2 is 1.79 bits per heavy atom. The van der Waals surface area contributed by atoms with Crippen molar-refractivity contribution in [3.05, 3.63) is 23.8 Å². The normalized spacial score (nSPS) is 12.1. The Bertz CT molecular complexity index is 333. The summed E-state index contributed by atoms with van der Waals surface area (Å²) in [6.45, 7) is 3.52. The molecule has 0 saturated heterocycles. The van der Waals surface area contributed by atoms with E-state index < -0.39 is 19.7 Å². The third kappa shape index (κ3) is 2.18. The molecule has 14 heavy (non-hydrogen) atoms. The molecule has 0 spiro atoms. The van der Waals surface area contributed by atoms with Gasteiger partial charge in [0.2, 0.25) is 0 Å². The van der Waals surface area contributed by atoms with Crippen LogP contribution >= 0.6 is 7.92 Å². The van der Waals surface area contributed by atoms with Gasteiger partial charge in [-0.25, -0.2) is 0 Å². The first-order valence-corrected chi connectivity index (χ1v) is 6.20. The van der Waals surface area contributed by atoms with Crippen molar-refractivity contribution >= 4 is 18.9 Å². The van der Waals surface area contributed by atoms with Crippen molar-refractivity contribution in [1.29, 1.82) is 0 Å². The van der Waals surface area contributed by atoms with Crippen LogP contribution in [-0.2, 0) is 6.18 Å². The van der Waals surface area contributed by atoms with E-state index in [1.54, 1.807) is 13.3 Å². The lowest BCUT2D eigenvalue weighted by atomic mass is 10.2. The largest absolute Gasteiger partial charge is 0.417 e. The van der Waals surface area contributed by atoms with Gasteiger partial charge in [-0.1, -0.05) is 14.0 Å². The zero-order chi connectivity index (χ0) is 10.9. The number of nitrogens with two attached hydrogens (primary N) is 1.